The first-order valence-electron chi connectivity index (χ1n) is 4.45. The number of carboxylic acids is 1. The molecule has 0 aromatic carbocycles. The standard InChI is InChI=1S/C7H6N2O.C2HF3O2/c10-6-1-2-7-5(3-6)4-8-9-7;3-2(4,5)1(6)7/h3-4H,1-2H2;(H,6,7). The van der Waals surface area contributed by atoms with Crippen LogP contribution in [0.15, 0.2) is 21.9 Å². The predicted molar refractivity (Wildman–Crippen MR) is 51.9 cm³/mol. The van der Waals surface area contributed by atoms with Gasteiger partial charge in [0.05, 0.1) is 11.9 Å². The van der Waals surface area contributed by atoms with Crippen LogP contribution in [0.4, 0.5) is 13.2 Å². The topological polar surface area (TPSA) is 79.1 Å². The summed E-state index contributed by atoms with van der Waals surface area (Å²) in [5.74, 6) is -2.57. The number of carbonyl (C=O) groups is 2. The molecule has 0 saturated heterocycles. The third-order valence-corrected chi connectivity index (χ3v) is 1.88. The monoisotopic (exact) mass is 248 g/mol. The number of hydrogen-bond donors (Lipinski definition) is 1. The van der Waals surface area contributed by atoms with E-state index in [9.17, 15) is 18.0 Å². The summed E-state index contributed by atoms with van der Waals surface area (Å²) < 4.78 is 31.7. The number of nitrogens with zero attached hydrogens (tertiary/aromatic N) is 2. The maximum absolute atomic E-state index is 10.8. The van der Waals surface area contributed by atoms with Gasteiger partial charge in [-0.1, -0.05) is 0 Å². The van der Waals surface area contributed by atoms with Gasteiger partial charge in [-0.2, -0.15) is 23.4 Å². The predicted octanol–water partition coefficient (Wildman–Crippen LogP) is 1.35. The fourth-order valence-electron chi connectivity index (χ4n) is 1.10. The highest BCUT2D eigenvalue weighted by Gasteiger charge is 2.38. The first-order chi connectivity index (χ1) is 7.80. The number of hydrogen-bond acceptors (Lipinski definition) is 4. The second kappa shape index (κ2) is 4.89. The molecule has 1 aliphatic heterocycles. The number of halogens is 3. The normalized spacial score (nSPS) is 17.7. The molecule has 1 heterocycles. The highest BCUT2D eigenvalue weighted by atomic mass is 19.4. The van der Waals surface area contributed by atoms with E-state index in [-0.39, 0.29) is 5.78 Å². The van der Waals surface area contributed by atoms with Gasteiger partial charge in [0, 0.05) is 12.0 Å². The van der Waals surface area contributed by atoms with Crippen molar-refractivity contribution in [2.24, 2.45) is 10.2 Å². The van der Waals surface area contributed by atoms with Crippen molar-refractivity contribution >= 4 is 23.7 Å². The van der Waals surface area contributed by atoms with Crippen LogP contribution in [0, 0.1) is 0 Å². The van der Waals surface area contributed by atoms with Crippen LogP contribution in [0.25, 0.3) is 0 Å². The summed E-state index contributed by atoms with van der Waals surface area (Å²) >= 11 is 0. The summed E-state index contributed by atoms with van der Waals surface area (Å²) in [6.07, 6.45) is -0.498. The van der Waals surface area contributed by atoms with Crippen molar-refractivity contribution < 1.29 is 27.9 Å². The van der Waals surface area contributed by atoms with E-state index in [1.54, 1.807) is 12.3 Å². The van der Waals surface area contributed by atoms with Gasteiger partial charge in [-0.05, 0) is 12.5 Å². The Hall–Kier alpha value is -1.99. The fourth-order valence-corrected chi connectivity index (χ4v) is 1.10. The Morgan fingerprint density at radius 2 is 1.94 bits per heavy atom. The van der Waals surface area contributed by atoms with Crippen LogP contribution in [-0.2, 0) is 9.59 Å². The van der Waals surface area contributed by atoms with Crippen LogP contribution < -0.4 is 0 Å². The summed E-state index contributed by atoms with van der Waals surface area (Å²) in [5, 5.41) is 14.7. The molecule has 0 aromatic heterocycles. The third kappa shape index (κ3) is 3.82. The number of allylic oxidation sites excluding steroid dienone is 2. The Kier molecular flexibility index (Phi) is 3.77. The fraction of sp³-hybridized carbons (Fsp3) is 0.333. The minimum absolute atomic E-state index is 0.183. The first-order valence-corrected chi connectivity index (χ1v) is 4.45. The Morgan fingerprint density at radius 3 is 2.47 bits per heavy atom. The molecule has 5 nitrogen and oxygen atoms in total. The van der Waals surface area contributed by atoms with Crippen molar-refractivity contribution in [3.05, 3.63) is 11.6 Å². The number of aliphatic carboxylic acids is 1. The van der Waals surface area contributed by atoms with Crippen molar-refractivity contribution in [2.75, 3.05) is 0 Å². The number of ketones is 1. The van der Waals surface area contributed by atoms with E-state index in [1.165, 1.54) is 0 Å². The van der Waals surface area contributed by atoms with E-state index >= 15 is 0 Å². The number of fused-ring (bicyclic) bond motifs is 1. The molecule has 0 unspecified atom stereocenters. The Morgan fingerprint density at radius 1 is 1.35 bits per heavy atom. The SMILES string of the molecule is O=C(O)C(F)(F)F.O=C1C=C2C=NN=C2CC1. The Balaban J connectivity index is 0.000000185. The number of alkyl halides is 3. The molecule has 0 saturated carbocycles. The lowest BCUT2D eigenvalue weighted by molar-refractivity contribution is -0.192. The smallest absolute Gasteiger partial charge is 0.475 e. The molecular weight excluding hydrogens is 241 g/mol. The zero-order valence-corrected chi connectivity index (χ0v) is 8.36. The summed E-state index contributed by atoms with van der Waals surface area (Å²) in [5.41, 5.74) is 1.86. The van der Waals surface area contributed by atoms with Gasteiger partial charge in [0.1, 0.15) is 0 Å². The lowest BCUT2D eigenvalue weighted by atomic mass is 9.98. The molecule has 8 heteroatoms. The van der Waals surface area contributed by atoms with Crippen molar-refractivity contribution in [3.8, 4) is 0 Å². The van der Waals surface area contributed by atoms with E-state index in [2.05, 4.69) is 10.2 Å². The van der Waals surface area contributed by atoms with Crippen molar-refractivity contribution in [2.45, 2.75) is 19.0 Å². The molecule has 0 radical (unpaired) electrons. The number of carboxylic acid groups (broad SMARTS) is 1. The average molecular weight is 248 g/mol. The van der Waals surface area contributed by atoms with Crippen LogP contribution in [0.3, 0.4) is 0 Å². The molecule has 0 spiro atoms. The summed E-state index contributed by atoms with van der Waals surface area (Å²) in [6.45, 7) is 0. The molecule has 17 heavy (non-hydrogen) atoms. The van der Waals surface area contributed by atoms with Crippen molar-refractivity contribution in [1.82, 2.24) is 0 Å². The molecule has 0 aromatic rings. The van der Waals surface area contributed by atoms with E-state index in [0.717, 1.165) is 17.7 Å². The lowest BCUT2D eigenvalue weighted by Crippen LogP contribution is -2.21. The largest absolute Gasteiger partial charge is 0.490 e. The second-order valence-electron chi connectivity index (χ2n) is 3.16. The van der Waals surface area contributed by atoms with Gasteiger partial charge in [-0.3, -0.25) is 4.79 Å². The minimum atomic E-state index is -5.08. The Labute approximate surface area is 93.3 Å². The van der Waals surface area contributed by atoms with Crippen LogP contribution in [0.2, 0.25) is 0 Å². The first kappa shape index (κ1) is 13.1. The average Bonchev–Trinajstić information content (AvgIpc) is 2.63. The maximum Gasteiger partial charge on any atom is 0.490 e. The van der Waals surface area contributed by atoms with Gasteiger partial charge >= 0.3 is 12.1 Å². The summed E-state index contributed by atoms with van der Waals surface area (Å²) in [4.78, 5) is 19.7. The van der Waals surface area contributed by atoms with Crippen LogP contribution in [0.1, 0.15) is 12.8 Å². The molecule has 0 atom stereocenters. The third-order valence-electron chi connectivity index (χ3n) is 1.88. The van der Waals surface area contributed by atoms with Gasteiger partial charge in [-0.15, -0.1) is 0 Å². The summed E-state index contributed by atoms with van der Waals surface area (Å²) in [7, 11) is 0. The quantitative estimate of drug-likeness (QED) is 0.702. The highest BCUT2D eigenvalue weighted by Crippen LogP contribution is 2.15. The lowest BCUT2D eigenvalue weighted by Gasteiger charge is -2.04. The van der Waals surface area contributed by atoms with Gasteiger partial charge in [0.15, 0.2) is 5.78 Å². The summed E-state index contributed by atoms with van der Waals surface area (Å²) in [6, 6.07) is 0. The highest BCUT2D eigenvalue weighted by molar-refractivity contribution is 6.24. The number of carbonyl (C=O) groups excluding carboxylic acids is 1. The van der Waals surface area contributed by atoms with Crippen LogP contribution in [0.5, 0.6) is 0 Å². The maximum atomic E-state index is 10.8. The van der Waals surface area contributed by atoms with E-state index in [1.807, 2.05) is 0 Å². The van der Waals surface area contributed by atoms with E-state index < -0.39 is 12.1 Å². The number of rotatable bonds is 0. The van der Waals surface area contributed by atoms with Gasteiger partial charge in [0.2, 0.25) is 0 Å². The molecule has 2 rings (SSSR count). The van der Waals surface area contributed by atoms with Crippen LogP contribution >= 0.6 is 0 Å². The molecular formula is C9H7F3N2O3. The molecule has 0 bridgehead atoms. The van der Waals surface area contributed by atoms with Crippen molar-refractivity contribution in [3.63, 3.8) is 0 Å². The van der Waals surface area contributed by atoms with Gasteiger partial charge in [0.25, 0.3) is 0 Å². The molecule has 1 aliphatic carbocycles. The Bertz CT molecular complexity index is 435. The molecule has 0 fully saturated rings. The second-order valence-corrected chi connectivity index (χ2v) is 3.16. The van der Waals surface area contributed by atoms with Gasteiger partial charge < -0.3 is 5.11 Å². The minimum Gasteiger partial charge on any atom is -0.475 e. The molecule has 2 aliphatic rings. The van der Waals surface area contributed by atoms with Crippen LogP contribution in [-0.4, -0.2) is 35.0 Å². The zero-order chi connectivity index (χ0) is 13.1. The molecule has 92 valence electrons. The van der Waals surface area contributed by atoms with Gasteiger partial charge in [-0.25, -0.2) is 4.79 Å². The van der Waals surface area contributed by atoms with E-state index in [0.29, 0.717) is 6.42 Å². The van der Waals surface area contributed by atoms with E-state index in [4.69, 9.17) is 9.90 Å². The van der Waals surface area contributed by atoms with Crippen molar-refractivity contribution in [1.29, 1.82) is 0 Å². The molecule has 1 N–H and O–H groups in total. The molecule has 0 amide bonds. The zero-order valence-electron chi connectivity index (χ0n) is 8.36.